The van der Waals surface area contributed by atoms with Crippen LogP contribution in [0.2, 0.25) is 0 Å². The van der Waals surface area contributed by atoms with E-state index in [1.54, 1.807) is 0 Å². The van der Waals surface area contributed by atoms with Crippen LogP contribution in [0.3, 0.4) is 0 Å². The van der Waals surface area contributed by atoms with E-state index in [2.05, 4.69) is 0 Å². The molecule has 0 heterocycles. The second-order valence-electron chi connectivity index (χ2n) is 0.350. The Morgan fingerprint density at radius 2 is 0.800 bits per heavy atom. The summed E-state index contributed by atoms with van der Waals surface area (Å²) in [5, 5.41) is 0. The minimum atomic E-state index is -6.75. The maximum atomic E-state index is 9.84. The number of hydrogen-bond donors (Lipinski definition) is 0. The third kappa shape index (κ3) is 371. The summed E-state index contributed by atoms with van der Waals surface area (Å²) in [5.41, 5.74) is 0. The standard InChI is InChI=1S/F4Se/c1-5(2,3)4. The molecule has 0 spiro atoms. The van der Waals surface area contributed by atoms with Crippen molar-refractivity contribution >= 4 is 14.7 Å². The Morgan fingerprint density at radius 1 is 0.800 bits per heavy atom. The second-order valence-corrected chi connectivity index (χ2v) is 1.82. The summed E-state index contributed by atoms with van der Waals surface area (Å²) in [6.07, 6.45) is 0. The van der Waals surface area contributed by atoms with Gasteiger partial charge in [-0.25, -0.2) is 0 Å². The Kier molecular flexibility index (Phi) is 1.20. The molecule has 0 aliphatic rings. The third-order valence-corrected chi connectivity index (χ3v) is 0. The molecule has 0 bridgehead atoms. The Morgan fingerprint density at radius 3 is 0.800 bits per heavy atom. The van der Waals surface area contributed by atoms with Gasteiger partial charge in [0.2, 0.25) is 0 Å². The molecule has 0 fully saturated rings. The van der Waals surface area contributed by atoms with E-state index in [1.165, 1.54) is 0 Å². The van der Waals surface area contributed by atoms with Crippen LogP contribution in [0.25, 0.3) is 0 Å². The molecule has 0 saturated heterocycles. The van der Waals surface area contributed by atoms with Crippen LogP contribution >= 0.6 is 0 Å². The molecule has 0 unspecified atom stereocenters. The van der Waals surface area contributed by atoms with Crippen molar-refractivity contribution in [2.24, 2.45) is 0 Å². The monoisotopic (exact) mass is 156 g/mol. The van der Waals surface area contributed by atoms with Gasteiger partial charge in [0.1, 0.15) is 0 Å². The molecule has 0 aliphatic heterocycles. The Balaban J connectivity index is 3.02. The molecule has 34 valence electrons. The minimum absolute atomic E-state index is 6.75. The first-order valence-corrected chi connectivity index (χ1v) is 3.21. The average molecular weight is 155 g/mol. The van der Waals surface area contributed by atoms with E-state index in [0.717, 1.165) is 0 Å². The molecular weight excluding hydrogens is 155 g/mol. The third-order valence-electron chi connectivity index (χ3n) is 0. The Labute approximate surface area is 29.9 Å². The molecule has 0 rings (SSSR count). The Hall–Kier alpha value is 0.239. The van der Waals surface area contributed by atoms with Crippen LogP contribution in [-0.4, -0.2) is 14.7 Å². The number of hydrogen-bond acceptors (Lipinski definition) is 0. The molecule has 0 radical (unpaired) electrons. The fourth-order valence-electron chi connectivity index (χ4n) is 0. The molecule has 5 heteroatoms. The predicted octanol–water partition coefficient (Wildman–Crippen LogP) is 1.30. The van der Waals surface area contributed by atoms with E-state index in [-0.39, 0.29) is 0 Å². The second kappa shape index (κ2) is 1.14. The molecule has 0 saturated carbocycles. The van der Waals surface area contributed by atoms with Crippen molar-refractivity contribution in [1.82, 2.24) is 0 Å². The summed E-state index contributed by atoms with van der Waals surface area (Å²) < 4.78 is 39.4. The molecule has 0 aromatic heterocycles. The Bertz CT molecular complexity index is 19.1. The molecule has 0 aliphatic carbocycles. The summed E-state index contributed by atoms with van der Waals surface area (Å²) in [7, 11) is 0. The van der Waals surface area contributed by atoms with Crippen LogP contribution in [0.5, 0.6) is 0 Å². The van der Waals surface area contributed by atoms with Crippen LogP contribution in [0.4, 0.5) is 14.2 Å². The van der Waals surface area contributed by atoms with Crippen LogP contribution in [0, 0.1) is 0 Å². The molecule has 0 aromatic carbocycles. The van der Waals surface area contributed by atoms with Crippen LogP contribution in [0.1, 0.15) is 0 Å². The summed E-state index contributed by atoms with van der Waals surface area (Å²) in [6, 6.07) is 0. The van der Waals surface area contributed by atoms with Gasteiger partial charge in [-0.05, 0) is 0 Å². The predicted molar refractivity (Wildman–Crippen MR) is 10.2 cm³/mol. The SMILES string of the molecule is F[Se](F)(F)F. The van der Waals surface area contributed by atoms with Gasteiger partial charge in [0, 0.05) is 0 Å². The zero-order valence-electron chi connectivity index (χ0n) is 1.92. The number of halogens is 4. The normalized spacial score (nSPS) is 15.2. The summed E-state index contributed by atoms with van der Waals surface area (Å²) in [5.74, 6) is 0. The summed E-state index contributed by atoms with van der Waals surface area (Å²) in [6.45, 7) is 0. The van der Waals surface area contributed by atoms with E-state index >= 15 is 0 Å². The maximum absolute atomic E-state index is 9.84. The van der Waals surface area contributed by atoms with Crippen LogP contribution in [-0.2, 0) is 0 Å². The quantitative estimate of drug-likeness (QED) is 0.365. The van der Waals surface area contributed by atoms with Gasteiger partial charge in [0.25, 0.3) is 0 Å². The fourth-order valence-corrected chi connectivity index (χ4v) is 0. The van der Waals surface area contributed by atoms with Gasteiger partial charge in [-0.1, -0.05) is 0 Å². The van der Waals surface area contributed by atoms with Gasteiger partial charge in [0.05, 0.1) is 0 Å². The molecule has 5 heavy (non-hydrogen) atoms. The van der Waals surface area contributed by atoms with Crippen molar-refractivity contribution in [2.45, 2.75) is 0 Å². The van der Waals surface area contributed by atoms with Gasteiger partial charge in [-0.2, -0.15) is 0 Å². The van der Waals surface area contributed by atoms with E-state index in [4.69, 9.17) is 0 Å². The first-order chi connectivity index (χ1) is 2.00. The van der Waals surface area contributed by atoms with E-state index < -0.39 is 14.7 Å². The molecule has 0 N–H and O–H groups in total. The first-order valence-electron chi connectivity index (χ1n) is 0.617. The first kappa shape index (κ1) is 5.24. The molecular formula is F4Se. The van der Waals surface area contributed by atoms with Gasteiger partial charge in [-0.3, -0.25) is 0 Å². The molecule has 0 aromatic rings. The zero-order chi connectivity index (χ0) is 4.50. The van der Waals surface area contributed by atoms with Crippen LogP contribution in [0.15, 0.2) is 0 Å². The van der Waals surface area contributed by atoms with E-state index in [0.29, 0.717) is 0 Å². The van der Waals surface area contributed by atoms with Crippen molar-refractivity contribution in [3.05, 3.63) is 0 Å². The topological polar surface area (TPSA) is 0 Å². The van der Waals surface area contributed by atoms with E-state index in [9.17, 15) is 14.2 Å². The summed E-state index contributed by atoms with van der Waals surface area (Å²) >= 11 is -6.75. The van der Waals surface area contributed by atoms with Gasteiger partial charge in [-0.15, -0.1) is 0 Å². The van der Waals surface area contributed by atoms with Crippen molar-refractivity contribution in [3.63, 3.8) is 0 Å². The van der Waals surface area contributed by atoms with Crippen LogP contribution < -0.4 is 0 Å². The molecule has 0 nitrogen and oxygen atoms in total. The fraction of sp³-hybridized carbons (Fsp3) is 0. The molecule has 0 atom stereocenters. The van der Waals surface area contributed by atoms with Gasteiger partial charge in [0.15, 0.2) is 0 Å². The average Bonchev–Trinajstić information content (AvgIpc) is 0.722. The zero-order valence-corrected chi connectivity index (χ0v) is 3.63. The van der Waals surface area contributed by atoms with Gasteiger partial charge < -0.3 is 0 Å². The van der Waals surface area contributed by atoms with Crippen molar-refractivity contribution < 1.29 is 14.2 Å². The summed E-state index contributed by atoms with van der Waals surface area (Å²) in [4.78, 5) is 0. The number of rotatable bonds is 0. The van der Waals surface area contributed by atoms with Gasteiger partial charge >= 0.3 is 28.9 Å². The van der Waals surface area contributed by atoms with Crippen molar-refractivity contribution in [2.75, 3.05) is 0 Å². The van der Waals surface area contributed by atoms with E-state index in [1.807, 2.05) is 0 Å². The van der Waals surface area contributed by atoms with Crippen molar-refractivity contribution in [3.8, 4) is 0 Å². The van der Waals surface area contributed by atoms with Crippen molar-refractivity contribution in [1.29, 1.82) is 0 Å². The molecule has 0 amide bonds.